The molecule has 0 radical (unpaired) electrons. The lowest BCUT2D eigenvalue weighted by Crippen LogP contribution is -2.49. The SMILES string of the molecule is C=CC(=O)C[Si](C)(CCC)O[Si](C)(CCC)CC(=O)C=C. The lowest BCUT2D eigenvalue weighted by Gasteiger charge is -2.37. The first kappa shape index (κ1) is 20.2. The van der Waals surface area contributed by atoms with Crippen molar-refractivity contribution >= 4 is 28.2 Å². The molecule has 3 nitrogen and oxygen atoms in total. The fourth-order valence-corrected chi connectivity index (χ4v) is 13.3. The Bertz CT molecular complexity index is 359. The average molecular weight is 327 g/mol. The fraction of sp³-hybridized carbons (Fsp3) is 0.625. The van der Waals surface area contributed by atoms with Crippen molar-refractivity contribution in [2.24, 2.45) is 0 Å². The summed E-state index contributed by atoms with van der Waals surface area (Å²) in [5.74, 6) is 0.112. The van der Waals surface area contributed by atoms with Gasteiger partial charge in [0, 0.05) is 12.1 Å². The number of hydrogen-bond acceptors (Lipinski definition) is 3. The van der Waals surface area contributed by atoms with Crippen molar-refractivity contribution in [2.45, 2.75) is 64.0 Å². The monoisotopic (exact) mass is 326 g/mol. The second-order valence-electron chi connectivity index (χ2n) is 6.20. The third-order valence-corrected chi connectivity index (χ3v) is 12.9. The quantitative estimate of drug-likeness (QED) is 0.392. The van der Waals surface area contributed by atoms with Crippen LogP contribution in [0, 0.1) is 0 Å². The smallest absolute Gasteiger partial charge is 0.184 e. The van der Waals surface area contributed by atoms with E-state index in [1.807, 2.05) is 0 Å². The van der Waals surface area contributed by atoms with Gasteiger partial charge in [0.05, 0.1) is 0 Å². The number of allylic oxidation sites excluding steroid dienone is 2. The second kappa shape index (κ2) is 9.28. The van der Waals surface area contributed by atoms with Crippen LogP contribution in [0.25, 0.3) is 0 Å². The molecule has 5 heteroatoms. The van der Waals surface area contributed by atoms with E-state index in [1.54, 1.807) is 0 Å². The van der Waals surface area contributed by atoms with E-state index in [4.69, 9.17) is 4.12 Å². The lowest BCUT2D eigenvalue weighted by molar-refractivity contribution is -0.113. The molecule has 0 aliphatic heterocycles. The van der Waals surface area contributed by atoms with Crippen molar-refractivity contribution in [1.82, 2.24) is 0 Å². The standard InChI is InChI=1S/C16H30O3Si2/c1-7-11-20(5,13-15(17)9-3)19-21(6,12-8-2)14-16(18)10-4/h9-10H,3-4,7-8,11-14H2,1-2,5-6H3. The average Bonchev–Trinajstić information content (AvgIpc) is 2.37. The molecule has 0 aliphatic rings. The minimum atomic E-state index is -2.13. The van der Waals surface area contributed by atoms with Crippen molar-refractivity contribution in [3.63, 3.8) is 0 Å². The Balaban J connectivity index is 5.19. The molecule has 0 saturated carbocycles. The van der Waals surface area contributed by atoms with E-state index in [-0.39, 0.29) is 11.6 Å². The molecule has 0 rings (SSSR count). The highest BCUT2D eigenvalue weighted by Crippen LogP contribution is 2.30. The summed E-state index contributed by atoms with van der Waals surface area (Å²) in [5.41, 5.74) is 0. The van der Waals surface area contributed by atoms with Crippen LogP contribution >= 0.6 is 0 Å². The van der Waals surface area contributed by atoms with Crippen LogP contribution < -0.4 is 0 Å². The molecule has 0 fully saturated rings. The van der Waals surface area contributed by atoms with Gasteiger partial charge in [-0.3, -0.25) is 9.59 Å². The zero-order chi connectivity index (χ0) is 16.5. The molecule has 0 aromatic heterocycles. The van der Waals surface area contributed by atoms with Crippen LogP contribution in [0.5, 0.6) is 0 Å². The fourth-order valence-electron chi connectivity index (χ4n) is 2.89. The Morgan fingerprint density at radius 3 is 1.48 bits per heavy atom. The Morgan fingerprint density at radius 2 is 1.24 bits per heavy atom. The predicted molar refractivity (Wildman–Crippen MR) is 94.5 cm³/mol. The molecule has 0 aromatic carbocycles. The van der Waals surface area contributed by atoms with E-state index in [1.165, 1.54) is 12.2 Å². The van der Waals surface area contributed by atoms with Crippen LogP contribution in [0.3, 0.4) is 0 Å². The Kier molecular flexibility index (Phi) is 8.93. The van der Waals surface area contributed by atoms with E-state index in [0.717, 1.165) is 24.9 Å². The van der Waals surface area contributed by atoms with Crippen molar-refractivity contribution in [3.05, 3.63) is 25.3 Å². The number of hydrogen-bond donors (Lipinski definition) is 0. The van der Waals surface area contributed by atoms with Gasteiger partial charge < -0.3 is 4.12 Å². The molecule has 0 heterocycles. The van der Waals surface area contributed by atoms with E-state index >= 15 is 0 Å². The van der Waals surface area contributed by atoms with Gasteiger partial charge in [-0.2, -0.15) is 0 Å². The number of carbonyl (C=O) groups is 2. The van der Waals surface area contributed by atoms with Crippen LogP contribution in [-0.4, -0.2) is 28.2 Å². The van der Waals surface area contributed by atoms with Gasteiger partial charge >= 0.3 is 0 Å². The molecular formula is C16H30O3Si2. The molecule has 0 bridgehead atoms. The Morgan fingerprint density at radius 1 is 0.905 bits per heavy atom. The van der Waals surface area contributed by atoms with Gasteiger partial charge in [0.2, 0.25) is 0 Å². The third kappa shape index (κ3) is 7.69. The van der Waals surface area contributed by atoms with Gasteiger partial charge in [0.15, 0.2) is 28.2 Å². The summed E-state index contributed by atoms with van der Waals surface area (Å²) in [5, 5.41) is 0. The molecule has 0 spiro atoms. The summed E-state index contributed by atoms with van der Waals surface area (Å²) >= 11 is 0. The maximum absolute atomic E-state index is 11.8. The molecule has 120 valence electrons. The molecule has 0 aromatic rings. The summed E-state index contributed by atoms with van der Waals surface area (Å²) in [6.45, 7) is 15.6. The lowest BCUT2D eigenvalue weighted by atomic mass is 10.4. The minimum absolute atomic E-state index is 0.0560. The van der Waals surface area contributed by atoms with E-state index in [2.05, 4.69) is 40.1 Å². The minimum Gasteiger partial charge on any atom is -0.454 e. The summed E-state index contributed by atoms with van der Waals surface area (Å²) < 4.78 is 6.59. The summed E-state index contributed by atoms with van der Waals surface area (Å²) in [6, 6.07) is 2.83. The normalized spacial score (nSPS) is 16.6. The van der Waals surface area contributed by atoms with Gasteiger partial charge in [-0.25, -0.2) is 0 Å². The van der Waals surface area contributed by atoms with Crippen LogP contribution in [0.4, 0.5) is 0 Å². The molecule has 21 heavy (non-hydrogen) atoms. The summed E-state index contributed by atoms with van der Waals surface area (Å²) in [4.78, 5) is 23.6. The summed E-state index contributed by atoms with van der Waals surface area (Å²) in [7, 11) is -4.26. The van der Waals surface area contributed by atoms with Gasteiger partial charge in [0.1, 0.15) is 0 Å². The first-order valence-corrected chi connectivity index (χ1v) is 13.4. The topological polar surface area (TPSA) is 43.4 Å². The molecule has 0 amide bonds. The Hall–Kier alpha value is -0.786. The van der Waals surface area contributed by atoms with Crippen LogP contribution in [-0.2, 0) is 13.7 Å². The van der Waals surface area contributed by atoms with E-state index < -0.39 is 16.6 Å². The highest BCUT2D eigenvalue weighted by molar-refractivity contribution is 6.88. The van der Waals surface area contributed by atoms with Crippen molar-refractivity contribution in [2.75, 3.05) is 0 Å². The van der Waals surface area contributed by atoms with Gasteiger partial charge in [-0.15, -0.1) is 0 Å². The summed E-state index contributed by atoms with van der Waals surface area (Å²) in [6.07, 6.45) is 4.77. The maximum atomic E-state index is 11.8. The van der Waals surface area contributed by atoms with Gasteiger partial charge in [0.25, 0.3) is 0 Å². The van der Waals surface area contributed by atoms with Crippen LogP contribution in [0.15, 0.2) is 25.3 Å². The number of rotatable bonds is 12. The molecule has 0 aliphatic carbocycles. The largest absolute Gasteiger partial charge is 0.454 e. The highest BCUT2D eigenvalue weighted by atomic mass is 28.4. The van der Waals surface area contributed by atoms with Crippen LogP contribution in [0.1, 0.15) is 26.7 Å². The second-order valence-corrected chi connectivity index (χ2v) is 14.5. The van der Waals surface area contributed by atoms with Crippen molar-refractivity contribution < 1.29 is 13.7 Å². The van der Waals surface area contributed by atoms with Crippen molar-refractivity contribution in [3.8, 4) is 0 Å². The van der Waals surface area contributed by atoms with Gasteiger partial charge in [-0.05, 0) is 37.3 Å². The molecule has 0 saturated heterocycles. The molecule has 2 atom stereocenters. The maximum Gasteiger partial charge on any atom is 0.184 e. The number of ketones is 2. The molecule has 0 N–H and O–H groups in total. The van der Waals surface area contributed by atoms with E-state index in [0.29, 0.717) is 12.1 Å². The highest BCUT2D eigenvalue weighted by Gasteiger charge is 2.40. The molecular weight excluding hydrogens is 296 g/mol. The first-order chi connectivity index (χ1) is 9.74. The molecule has 2 unspecified atom stereocenters. The predicted octanol–water partition coefficient (Wildman–Crippen LogP) is 4.48. The zero-order valence-electron chi connectivity index (χ0n) is 14.0. The van der Waals surface area contributed by atoms with E-state index in [9.17, 15) is 9.59 Å². The first-order valence-electron chi connectivity index (χ1n) is 7.75. The van der Waals surface area contributed by atoms with Crippen molar-refractivity contribution in [1.29, 1.82) is 0 Å². The zero-order valence-corrected chi connectivity index (χ0v) is 16.0. The Labute approximate surface area is 131 Å². The third-order valence-electron chi connectivity index (χ3n) is 3.60. The van der Waals surface area contributed by atoms with Gasteiger partial charge in [-0.1, -0.05) is 39.8 Å². The number of carbonyl (C=O) groups excluding carboxylic acids is 2. The van der Waals surface area contributed by atoms with Crippen LogP contribution in [0.2, 0.25) is 37.3 Å².